The summed E-state index contributed by atoms with van der Waals surface area (Å²) in [5, 5.41) is 25.4. The molecular formula is C42H77NO3. The Hall–Kier alpha value is -0.610. The van der Waals surface area contributed by atoms with Crippen molar-refractivity contribution in [1.82, 2.24) is 5.32 Å². The topological polar surface area (TPSA) is 69.6 Å². The van der Waals surface area contributed by atoms with Crippen molar-refractivity contribution in [3.05, 3.63) is 0 Å². The van der Waals surface area contributed by atoms with Crippen LogP contribution in [0.1, 0.15) is 195 Å². The first-order valence-corrected chi connectivity index (χ1v) is 20.8. The first-order valence-electron chi connectivity index (χ1n) is 20.8. The number of carbonyl (C=O) groups excluding carboxylic acids is 1. The molecule has 3 N–H and O–H groups in total. The van der Waals surface area contributed by atoms with Crippen LogP contribution in [0.15, 0.2) is 0 Å². The van der Waals surface area contributed by atoms with Crippen LogP contribution in [0, 0.1) is 46.3 Å². The molecule has 4 saturated carbocycles. The average Bonchev–Trinajstić information content (AvgIpc) is 3.41. The Balaban J connectivity index is 1.04. The molecule has 0 spiro atoms. The van der Waals surface area contributed by atoms with Crippen molar-refractivity contribution in [2.75, 3.05) is 6.54 Å². The molecule has 0 aromatic carbocycles. The number of hydrogen-bond acceptors (Lipinski definition) is 3. The average molecular weight is 644 g/mol. The lowest BCUT2D eigenvalue weighted by Gasteiger charge is -2.62. The van der Waals surface area contributed by atoms with Crippen molar-refractivity contribution in [2.45, 2.75) is 207 Å². The van der Waals surface area contributed by atoms with E-state index in [0.717, 1.165) is 51.0 Å². The molecule has 5 unspecified atom stereocenters. The minimum absolute atomic E-state index is 0.0119. The van der Waals surface area contributed by atoms with Crippen molar-refractivity contribution in [1.29, 1.82) is 0 Å². The van der Waals surface area contributed by atoms with Gasteiger partial charge in [0.25, 0.3) is 0 Å². The van der Waals surface area contributed by atoms with Crippen LogP contribution in [-0.4, -0.2) is 34.9 Å². The Morgan fingerprint density at radius 2 is 1.33 bits per heavy atom. The lowest BCUT2D eigenvalue weighted by atomic mass is 9.43. The highest BCUT2D eigenvalue weighted by molar-refractivity contribution is 5.75. The van der Waals surface area contributed by atoms with Crippen LogP contribution < -0.4 is 5.32 Å². The first-order chi connectivity index (χ1) is 22.2. The summed E-state index contributed by atoms with van der Waals surface area (Å²) in [5.41, 5.74) is 0.278. The fourth-order valence-electron chi connectivity index (χ4n) is 11.7. The van der Waals surface area contributed by atoms with Gasteiger partial charge >= 0.3 is 0 Å². The van der Waals surface area contributed by atoms with E-state index in [0.29, 0.717) is 41.4 Å². The van der Waals surface area contributed by atoms with Crippen molar-refractivity contribution >= 4 is 5.91 Å². The van der Waals surface area contributed by atoms with Gasteiger partial charge in [0.15, 0.2) is 0 Å². The molecule has 0 bridgehead atoms. The molecule has 4 heteroatoms. The van der Waals surface area contributed by atoms with E-state index < -0.39 is 0 Å². The molecule has 0 saturated heterocycles. The number of rotatable bonds is 21. The monoisotopic (exact) mass is 644 g/mol. The lowest BCUT2D eigenvalue weighted by molar-refractivity contribution is -0.174. The second-order valence-electron chi connectivity index (χ2n) is 17.6. The van der Waals surface area contributed by atoms with Gasteiger partial charge in [0.05, 0.1) is 12.2 Å². The summed E-state index contributed by atoms with van der Waals surface area (Å²) in [4.78, 5) is 12.8. The predicted octanol–water partition coefficient (Wildman–Crippen LogP) is 10.8. The van der Waals surface area contributed by atoms with Crippen LogP contribution in [0.25, 0.3) is 0 Å². The summed E-state index contributed by atoms with van der Waals surface area (Å²) in [6, 6.07) is 0. The zero-order chi connectivity index (χ0) is 33.0. The minimum Gasteiger partial charge on any atom is -0.393 e. The van der Waals surface area contributed by atoms with Gasteiger partial charge in [-0.05, 0) is 111 Å². The molecule has 4 fully saturated rings. The summed E-state index contributed by atoms with van der Waals surface area (Å²) >= 11 is 0. The molecule has 46 heavy (non-hydrogen) atoms. The number of fused-ring (bicyclic) bond motifs is 5. The van der Waals surface area contributed by atoms with E-state index in [1.54, 1.807) is 0 Å². The third kappa shape index (κ3) is 9.76. The largest absolute Gasteiger partial charge is 0.393 e. The molecule has 0 aromatic heterocycles. The van der Waals surface area contributed by atoms with Gasteiger partial charge in [0, 0.05) is 13.0 Å². The molecule has 268 valence electrons. The molecule has 4 rings (SSSR count). The third-order valence-electron chi connectivity index (χ3n) is 14.7. The van der Waals surface area contributed by atoms with Crippen molar-refractivity contribution in [2.24, 2.45) is 46.3 Å². The number of carbonyl (C=O) groups is 1. The van der Waals surface area contributed by atoms with Crippen molar-refractivity contribution in [3.63, 3.8) is 0 Å². The molecule has 0 aromatic rings. The standard InChI is InChI=1S/C42H77NO3/c1-5-6-7-8-9-10-11-12-13-14-15-16-17-18-19-20-29-43-40(46)26-21-32(2)36-24-25-37-35-23-22-33-30-34(44)27-28-41(33,3)38(35)31-39(45)42(36,37)4/h32-39,44-45H,5-31H2,1-4H3,(H,43,46)/t32?,33?,34-,35?,36-,37?,38?,39+,41+,42-/m1/s1. The van der Waals surface area contributed by atoms with Crippen LogP contribution in [0.2, 0.25) is 0 Å². The van der Waals surface area contributed by atoms with E-state index >= 15 is 0 Å². The first kappa shape index (κ1) is 38.2. The van der Waals surface area contributed by atoms with Gasteiger partial charge < -0.3 is 15.5 Å². The summed E-state index contributed by atoms with van der Waals surface area (Å²) < 4.78 is 0. The number of nitrogens with one attached hydrogen (secondary N) is 1. The van der Waals surface area contributed by atoms with Crippen LogP contribution in [-0.2, 0) is 4.79 Å². The number of hydrogen-bond donors (Lipinski definition) is 3. The maximum atomic E-state index is 12.8. The van der Waals surface area contributed by atoms with E-state index in [9.17, 15) is 15.0 Å². The number of aliphatic hydroxyl groups is 2. The predicted molar refractivity (Wildman–Crippen MR) is 194 cm³/mol. The molecule has 1 amide bonds. The quantitative estimate of drug-likeness (QED) is 0.109. The van der Waals surface area contributed by atoms with E-state index in [-0.39, 0.29) is 23.5 Å². The third-order valence-corrected chi connectivity index (χ3v) is 14.7. The van der Waals surface area contributed by atoms with E-state index in [1.807, 2.05) is 0 Å². The smallest absolute Gasteiger partial charge is 0.220 e. The molecule has 0 aliphatic heterocycles. The highest BCUT2D eigenvalue weighted by Crippen LogP contribution is 2.68. The van der Waals surface area contributed by atoms with Crippen LogP contribution in [0.3, 0.4) is 0 Å². The molecule has 4 nitrogen and oxygen atoms in total. The SMILES string of the molecule is CCCCCCCCCCCCCCCCCCNC(=O)CCC(C)[C@H]1CCC2C3CCC4C[C@H](O)CC[C@]4(C)C3C[C@H](O)[C@@]21C. The van der Waals surface area contributed by atoms with Gasteiger partial charge in [-0.15, -0.1) is 0 Å². The molecule has 4 aliphatic rings. The van der Waals surface area contributed by atoms with Crippen LogP contribution in [0.5, 0.6) is 0 Å². The molecule has 0 heterocycles. The molecular weight excluding hydrogens is 566 g/mol. The Kier molecular flexibility index (Phi) is 15.7. The lowest BCUT2D eigenvalue weighted by Crippen LogP contribution is -2.58. The van der Waals surface area contributed by atoms with E-state index in [2.05, 4.69) is 33.0 Å². The molecule has 10 atom stereocenters. The number of aliphatic hydroxyl groups excluding tert-OH is 2. The Bertz CT molecular complexity index is 877. The highest BCUT2D eigenvalue weighted by atomic mass is 16.3. The van der Waals surface area contributed by atoms with E-state index in [4.69, 9.17) is 0 Å². The number of unbranched alkanes of at least 4 members (excludes halogenated alkanes) is 15. The Morgan fingerprint density at radius 3 is 1.93 bits per heavy atom. The summed E-state index contributed by atoms with van der Waals surface area (Å²) in [7, 11) is 0. The Morgan fingerprint density at radius 1 is 0.739 bits per heavy atom. The van der Waals surface area contributed by atoms with Gasteiger partial charge in [-0.3, -0.25) is 4.79 Å². The molecule has 0 radical (unpaired) electrons. The van der Waals surface area contributed by atoms with Gasteiger partial charge in [-0.25, -0.2) is 0 Å². The van der Waals surface area contributed by atoms with Crippen molar-refractivity contribution in [3.8, 4) is 0 Å². The fourth-order valence-corrected chi connectivity index (χ4v) is 11.7. The zero-order valence-electron chi connectivity index (χ0n) is 31.0. The second-order valence-corrected chi connectivity index (χ2v) is 17.6. The van der Waals surface area contributed by atoms with Crippen LogP contribution in [0.4, 0.5) is 0 Å². The second kappa shape index (κ2) is 19.0. The summed E-state index contributed by atoms with van der Waals surface area (Å²) in [6.45, 7) is 10.4. The molecule has 4 aliphatic carbocycles. The maximum absolute atomic E-state index is 12.8. The highest BCUT2D eigenvalue weighted by Gasteiger charge is 2.63. The van der Waals surface area contributed by atoms with Gasteiger partial charge in [0.2, 0.25) is 5.91 Å². The maximum Gasteiger partial charge on any atom is 0.220 e. The van der Waals surface area contributed by atoms with Gasteiger partial charge in [-0.1, -0.05) is 124 Å². The summed E-state index contributed by atoms with van der Waals surface area (Å²) in [5.74, 6) is 3.79. The fraction of sp³-hybridized carbons (Fsp3) is 0.976. The summed E-state index contributed by atoms with van der Waals surface area (Å²) in [6.07, 6.45) is 32.2. The van der Waals surface area contributed by atoms with E-state index in [1.165, 1.54) is 122 Å². The van der Waals surface area contributed by atoms with Gasteiger partial charge in [-0.2, -0.15) is 0 Å². The number of amides is 1. The van der Waals surface area contributed by atoms with Gasteiger partial charge in [0.1, 0.15) is 0 Å². The normalized spacial score (nSPS) is 36.1. The van der Waals surface area contributed by atoms with Crippen LogP contribution >= 0.6 is 0 Å². The Labute approximate surface area is 285 Å². The van der Waals surface area contributed by atoms with Crippen molar-refractivity contribution < 1.29 is 15.0 Å². The minimum atomic E-state index is -0.236. The zero-order valence-corrected chi connectivity index (χ0v) is 31.0.